The zero-order chi connectivity index (χ0) is 13.9. The molecule has 0 saturated carbocycles. The summed E-state index contributed by atoms with van der Waals surface area (Å²) in [5, 5.41) is 0. The summed E-state index contributed by atoms with van der Waals surface area (Å²) in [7, 11) is 1.98. The van der Waals surface area contributed by atoms with Gasteiger partial charge in [0.2, 0.25) is 10.0 Å². The maximum absolute atomic E-state index is 12.3. The number of anilines is 1. The van der Waals surface area contributed by atoms with E-state index in [1.165, 1.54) is 4.31 Å². The van der Waals surface area contributed by atoms with Crippen molar-refractivity contribution in [3.05, 3.63) is 23.8 Å². The zero-order valence-corrected chi connectivity index (χ0v) is 12.2. The third kappa shape index (κ3) is 3.44. The highest BCUT2D eigenvalue weighted by Gasteiger charge is 2.22. The van der Waals surface area contributed by atoms with Crippen LogP contribution in [0.25, 0.3) is 0 Å². The number of hydrogen-bond acceptors (Lipinski definition) is 4. The van der Waals surface area contributed by atoms with Crippen molar-refractivity contribution < 1.29 is 8.42 Å². The number of rotatable bonds is 5. The molecule has 0 amide bonds. The molecule has 0 radical (unpaired) electrons. The standard InChI is InChI=1S/C12H21N3O2S/c1-10-9-11(13)5-6-12(10)18(16,17)15(4)8-7-14(2)3/h5-6,9H,7-8,13H2,1-4H3. The smallest absolute Gasteiger partial charge is 0.243 e. The minimum absolute atomic E-state index is 0.318. The summed E-state index contributed by atoms with van der Waals surface area (Å²) in [6.45, 7) is 2.89. The van der Waals surface area contributed by atoms with Crippen molar-refractivity contribution in [2.45, 2.75) is 11.8 Å². The van der Waals surface area contributed by atoms with Crippen LogP contribution in [0.1, 0.15) is 5.56 Å². The summed E-state index contributed by atoms with van der Waals surface area (Å²) >= 11 is 0. The molecule has 0 aliphatic carbocycles. The van der Waals surface area contributed by atoms with E-state index in [9.17, 15) is 8.42 Å². The van der Waals surface area contributed by atoms with Crippen molar-refractivity contribution in [3.8, 4) is 0 Å². The first-order valence-electron chi connectivity index (χ1n) is 5.72. The Morgan fingerprint density at radius 1 is 1.17 bits per heavy atom. The summed E-state index contributed by atoms with van der Waals surface area (Å²) in [4.78, 5) is 2.26. The number of hydrogen-bond donors (Lipinski definition) is 1. The van der Waals surface area contributed by atoms with E-state index < -0.39 is 10.0 Å². The van der Waals surface area contributed by atoms with Gasteiger partial charge in [0.05, 0.1) is 4.90 Å². The van der Waals surface area contributed by atoms with Crippen molar-refractivity contribution >= 4 is 15.7 Å². The van der Waals surface area contributed by atoms with Gasteiger partial charge in [-0.2, -0.15) is 4.31 Å². The number of aryl methyl sites for hydroxylation is 1. The maximum Gasteiger partial charge on any atom is 0.243 e. The van der Waals surface area contributed by atoms with E-state index >= 15 is 0 Å². The molecule has 102 valence electrons. The Labute approximate surface area is 109 Å². The molecule has 6 heteroatoms. The molecule has 1 aromatic rings. The van der Waals surface area contributed by atoms with Crippen molar-refractivity contribution in [1.82, 2.24) is 9.21 Å². The van der Waals surface area contributed by atoms with Gasteiger partial charge in [0.25, 0.3) is 0 Å². The predicted octanol–water partition coefficient (Wildman–Crippen LogP) is 0.759. The van der Waals surface area contributed by atoms with Gasteiger partial charge in [-0.05, 0) is 44.8 Å². The fourth-order valence-electron chi connectivity index (χ4n) is 1.59. The molecule has 1 rings (SSSR count). The molecule has 0 aliphatic rings. The third-order valence-corrected chi connectivity index (χ3v) is 4.77. The Kier molecular flexibility index (Phi) is 4.72. The number of benzene rings is 1. The first kappa shape index (κ1) is 14.9. The number of nitrogens with two attached hydrogens (primary N) is 1. The first-order chi connectivity index (χ1) is 8.25. The Morgan fingerprint density at radius 2 is 1.78 bits per heavy atom. The minimum Gasteiger partial charge on any atom is -0.399 e. The zero-order valence-electron chi connectivity index (χ0n) is 11.3. The number of nitrogens with zero attached hydrogens (tertiary/aromatic N) is 2. The molecular formula is C12H21N3O2S. The third-order valence-electron chi connectivity index (χ3n) is 2.75. The van der Waals surface area contributed by atoms with Crippen LogP contribution in [0.5, 0.6) is 0 Å². The summed E-state index contributed by atoms with van der Waals surface area (Å²) in [6.07, 6.45) is 0. The summed E-state index contributed by atoms with van der Waals surface area (Å²) < 4.78 is 26.1. The number of nitrogen functional groups attached to an aromatic ring is 1. The summed E-state index contributed by atoms with van der Waals surface area (Å²) in [6, 6.07) is 4.85. The van der Waals surface area contributed by atoms with Crippen LogP contribution in [0.4, 0.5) is 5.69 Å². The van der Waals surface area contributed by atoms with Crippen LogP contribution in [0.3, 0.4) is 0 Å². The van der Waals surface area contributed by atoms with E-state index in [-0.39, 0.29) is 0 Å². The van der Waals surface area contributed by atoms with Gasteiger partial charge < -0.3 is 10.6 Å². The van der Waals surface area contributed by atoms with E-state index in [0.717, 1.165) is 0 Å². The lowest BCUT2D eigenvalue weighted by molar-refractivity contribution is 0.358. The lowest BCUT2D eigenvalue weighted by atomic mass is 10.2. The SMILES string of the molecule is Cc1cc(N)ccc1S(=O)(=O)N(C)CCN(C)C. The second kappa shape index (κ2) is 5.69. The Bertz CT molecular complexity index is 512. The second-order valence-electron chi connectivity index (χ2n) is 4.65. The van der Waals surface area contributed by atoms with Crippen molar-refractivity contribution in [1.29, 1.82) is 0 Å². The topological polar surface area (TPSA) is 66.6 Å². The molecule has 18 heavy (non-hydrogen) atoms. The molecule has 0 atom stereocenters. The lowest BCUT2D eigenvalue weighted by Crippen LogP contribution is -2.33. The molecule has 0 aromatic heterocycles. The van der Waals surface area contributed by atoms with Gasteiger partial charge in [-0.1, -0.05) is 0 Å². The molecule has 0 bridgehead atoms. The highest BCUT2D eigenvalue weighted by molar-refractivity contribution is 7.89. The molecule has 2 N–H and O–H groups in total. The molecule has 1 aromatic carbocycles. The average molecular weight is 271 g/mol. The Balaban J connectivity index is 2.98. The molecule has 0 fully saturated rings. The van der Waals surface area contributed by atoms with Gasteiger partial charge >= 0.3 is 0 Å². The fraction of sp³-hybridized carbons (Fsp3) is 0.500. The van der Waals surface area contributed by atoms with Gasteiger partial charge in [0.1, 0.15) is 0 Å². The van der Waals surface area contributed by atoms with Gasteiger partial charge in [0, 0.05) is 25.8 Å². The van der Waals surface area contributed by atoms with Crippen LogP contribution in [0.15, 0.2) is 23.1 Å². The lowest BCUT2D eigenvalue weighted by Gasteiger charge is -2.20. The van der Waals surface area contributed by atoms with E-state index in [1.54, 1.807) is 32.2 Å². The first-order valence-corrected chi connectivity index (χ1v) is 7.16. The predicted molar refractivity (Wildman–Crippen MR) is 74.0 cm³/mol. The van der Waals surface area contributed by atoms with Crippen molar-refractivity contribution in [3.63, 3.8) is 0 Å². The highest BCUT2D eigenvalue weighted by Crippen LogP contribution is 2.20. The second-order valence-corrected chi connectivity index (χ2v) is 6.67. The van der Waals surface area contributed by atoms with E-state index in [1.807, 2.05) is 19.0 Å². The largest absolute Gasteiger partial charge is 0.399 e. The van der Waals surface area contributed by atoms with E-state index in [0.29, 0.717) is 29.2 Å². The summed E-state index contributed by atoms with van der Waals surface area (Å²) in [5.74, 6) is 0. The Morgan fingerprint density at radius 3 is 2.28 bits per heavy atom. The minimum atomic E-state index is -3.43. The molecule has 5 nitrogen and oxygen atoms in total. The number of sulfonamides is 1. The van der Waals surface area contributed by atoms with Gasteiger partial charge in [-0.15, -0.1) is 0 Å². The van der Waals surface area contributed by atoms with Crippen LogP contribution in [0.2, 0.25) is 0 Å². The van der Waals surface area contributed by atoms with Crippen LogP contribution < -0.4 is 5.73 Å². The van der Waals surface area contributed by atoms with Crippen LogP contribution in [0, 0.1) is 6.92 Å². The Hall–Kier alpha value is -1.11. The molecule has 0 spiro atoms. The van der Waals surface area contributed by atoms with Gasteiger partial charge in [-0.3, -0.25) is 0 Å². The van der Waals surface area contributed by atoms with Gasteiger partial charge in [0.15, 0.2) is 0 Å². The van der Waals surface area contributed by atoms with Crippen LogP contribution in [-0.4, -0.2) is 51.9 Å². The molecule has 0 unspecified atom stereocenters. The van der Waals surface area contributed by atoms with Crippen LogP contribution >= 0.6 is 0 Å². The van der Waals surface area contributed by atoms with Crippen molar-refractivity contribution in [2.24, 2.45) is 0 Å². The van der Waals surface area contributed by atoms with Gasteiger partial charge in [-0.25, -0.2) is 8.42 Å². The molecule has 0 saturated heterocycles. The summed E-state index contributed by atoms with van der Waals surface area (Å²) in [5.41, 5.74) is 6.87. The van der Waals surface area contributed by atoms with Crippen molar-refractivity contribution in [2.75, 3.05) is 40.0 Å². The van der Waals surface area contributed by atoms with E-state index in [4.69, 9.17) is 5.73 Å². The maximum atomic E-state index is 12.3. The molecule has 0 aliphatic heterocycles. The monoisotopic (exact) mass is 271 g/mol. The number of likely N-dealkylation sites (N-methyl/N-ethyl adjacent to an activating group) is 2. The molecular weight excluding hydrogens is 250 g/mol. The van der Waals surface area contributed by atoms with E-state index in [2.05, 4.69) is 0 Å². The molecule has 0 heterocycles. The quantitative estimate of drug-likeness (QED) is 0.803. The average Bonchev–Trinajstić information content (AvgIpc) is 2.24. The highest BCUT2D eigenvalue weighted by atomic mass is 32.2. The fourth-order valence-corrected chi connectivity index (χ4v) is 2.95. The normalized spacial score (nSPS) is 12.3. The van der Waals surface area contributed by atoms with Crippen LogP contribution in [-0.2, 0) is 10.0 Å².